The summed E-state index contributed by atoms with van der Waals surface area (Å²) in [5.41, 5.74) is 8.51. The van der Waals surface area contributed by atoms with Crippen molar-refractivity contribution in [1.82, 2.24) is 10.3 Å². The Balaban J connectivity index is 1.19. The van der Waals surface area contributed by atoms with Gasteiger partial charge in [0.05, 0.1) is 6.20 Å². The molecule has 9 aromatic rings. The largest absolute Gasteiger partial charge is 0.456 e. The van der Waals surface area contributed by atoms with Gasteiger partial charge in [-0.05, 0) is 51.7 Å². The number of pyridine rings is 1. The number of nitrogens with zero attached hydrogens (tertiary/aromatic N) is 3. The maximum Gasteiger partial charge on any atom is 0.160 e. The summed E-state index contributed by atoms with van der Waals surface area (Å²) < 4.78 is 12.4. The van der Waals surface area contributed by atoms with Crippen LogP contribution in [-0.4, -0.2) is 16.7 Å². The molecule has 0 fully saturated rings. The van der Waals surface area contributed by atoms with Crippen LogP contribution in [0.4, 0.5) is 0 Å². The highest BCUT2D eigenvalue weighted by Gasteiger charge is 2.25. The Bertz CT molecular complexity index is 2770. The van der Waals surface area contributed by atoms with Crippen LogP contribution < -0.4 is 5.32 Å². The van der Waals surface area contributed by atoms with Crippen molar-refractivity contribution in [1.29, 1.82) is 0 Å². The molecule has 48 heavy (non-hydrogen) atoms. The second-order valence-corrected chi connectivity index (χ2v) is 12.0. The van der Waals surface area contributed by atoms with E-state index in [0.717, 1.165) is 88.3 Å². The summed E-state index contributed by atoms with van der Waals surface area (Å²) in [6, 6.07) is 45.7. The Kier molecular flexibility index (Phi) is 5.84. The molecule has 0 spiro atoms. The van der Waals surface area contributed by atoms with Gasteiger partial charge in [0.25, 0.3) is 0 Å². The van der Waals surface area contributed by atoms with Gasteiger partial charge in [-0.25, -0.2) is 9.98 Å². The number of para-hydroxylation sites is 1. The predicted molar refractivity (Wildman–Crippen MR) is 194 cm³/mol. The minimum atomic E-state index is -0.333. The molecule has 1 aliphatic rings. The van der Waals surface area contributed by atoms with Gasteiger partial charge in [0.2, 0.25) is 0 Å². The van der Waals surface area contributed by atoms with Crippen molar-refractivity contribution in [2.45, 2.75) is 6.17 Å². The summed E-state index contributed by atoms with van der Waals surface area (Å²) in [7, 11) is 0. The molecular weight excluding hydrogens is 592 g/mol. The van der Waals surface area contributed by atoms with Gasteiger partial charge in [-0.2, -0.15) is 0 Å². The number of nitrogens with one attached hydrogen (secondary N) is 1. The summed E-state index contributed by atoms with van der Waals surface area (Å²) in [6.07, 6.45) is 3.26. The Hall–Kier alpha value is -6.53. The van der Waals surface area contributed by atoms with Gasteiger partial charge in [0.15, 0.2) is 11.4 Å². The summed E-state index contributed by atoms with van der Waals surface area (Å²) in [6.45, 7) is 0. The van der Waals surface area contributed by atoms with E-state index in [4.69, 9.17) is 18.8 Å². The average molecular weight is 619 g/mol. The number of aromatic nitrogens is 1. The van der Waals surface area contributed by atoms with E-state index in [0.29, 0.717) is 5.84 Å². The summed E-state index contributed by atoms with van der Waals surface area (Å²) in [4.78, 5) is 14.7. The van der Waals surface area contributed by atoms with E-state index < -0.39 is 0 Å². The van der Waals surface area contributed by atoms with E-state index in [2.05, 4.69) is 83.1 Å². The van der Waals surface area contributed by atoms with Crippen molar-refractivity contribution in [3.05, 3.63) is 163 Å². The molecular formula is C42H26N4O2. The third kappa shape index (κ3) is 4.09. The minimum Gasteiger partial charge on any atom is -0.456 e. The smallest absolute Gasteiger partial charge is 0.160 e. The van der Waals surface area contributed by atoms with E-state index >= 15 is 0 Å². The first-order valence-electron chi connectivity index (χ1n) is 16.0. The lowest BCUT2D eigenvalue weighted by atomic mass is 9.92. The Morgan fingerprint density at radius 3 is 1.94 bits per heavy atom. The zero-order valence-corrected chi connectivity index (χ0v) is 25.6. The molecule has 6 nitrogen and oxygen atoms in total. The number of furan rings is 2. The van der Waals surface area contributed by atoms with Crippen LogP contribution in [-0.2, 0) is 0 Å². The third-order valence-corrected chi connectivity index (χ3v) is 9.27. The molecule has 0 saturated heterocycles. The van der Waals surface area contributed by atoms with Crippen LogP contribution in [0.3, 0.4) is 0 Å². The summed E-state index contributed by atoms with van der Waals surface area (Å²) >= 11 is 0. The van der Waals surface area contributed by atoms with Crippen LogP contribution in [0, 0.1) is 0 Å². The fourth-order valence-corrected chi connectivity index (χ4v) is 7.12. The lowest BCUT2D eigenvalue weighted by Gasteiger charge is -2.25. The zero-order chi connectivity index (χ0) is 31.6. The first-order valence-corrected chi connectivity index (χ1v) is 16.0. The number of amidine groups is 2. The van der Waals surface area contributed by atoms with Gasteiger partial charge in [0, 0.05) is 38.9 Å². The maximum absolute atomic E-state index is 6.24. The molecule has 1 atom stereocenters. The molecule has 6 heteroatoms. The SMILES string of the molecule is c1ccc(C2N=C(c3cccc4oc5ccccc5c34)N=C(c3ccc(-c4cccc5oc6cnccc6c45)c4ccccc34)N2)cc1. The quantitative estimate of drug-likeness (QED) is 0.213. The van der Waals surface area contributed by atoms with E-state index in [1.54, 1.807) is 6.20 Å². The molecule has 226 valence electrons. The van der Waals surface area contributed by atoms with E-state index in [1.807, 2.05) is 66.9 Å². The second-order valence-electron chi connectivity index (χ2n) is 12.0. The van der Waals surface area contributed by atoms with Crippen LogP contribution >= 0.6 is 0 Å². The topological polar surface area (TPSA) is 75.9 Å². The number of fused-ring (bicyclic) bond motifs is 7. The highest BCUT2D eigenvalue weighted by Crippen LogP contribution is 2.40. The lowest BCUT2D eigenvalue weighted by Crippen LogP contribution is -2.33. The van der Waals surface area contributed by atoms with Crippen molar-refractivity contribution in [3.8, 4) is 11.1 Å². The number of hydrogen-bond donors (Lipinski definition) is 1. The summed E-state index contributed by atoms with van der Waals surface area (Å²) in [5, 5.41) is 10.1. The van der Waals surface area contributed by atoms with Crippen LogP contribution in [0.15, 0.2) is 165 Å². The molecule has 3 aromatic heterocycles. The minimum absolute atomic E-state index is 0.333. The number of hydrogen-bond acceptors (Lipinski definition) is 6. The van der Waals surface area contributed by atoms with Gasteiger partial charge < -0.3 is 14.2 Å². The molecule has 10 rings (SSSR count). The molecule has 1 aliphatic heterocycles. The van der Waals surface area contributed by atoms with Crippen LogP contribution in [0.1, 0.15) is 22.9 Å². The molecule has 0 bridgehead atoms. The Morgan fingerprint density at radius 1 is 0.479 bits per heavy atom. The number of aliphatic imine (C=N–C) groups is 2. The molecule has 0 amide bonds. The number of benzene rings is 6. The van der Waals surface area contributed by atoms with E-state index in [1.165, 1.54) is 0 Å². The lowest BCUT2D eigenvalue weighted by molar-refractivity contribution is 0.667. The second kappa shape index (κ2) is 10.5. The zero-order valence-electron chi connectivity index (χ0n) is 25.6. The predicted octanol–water partition coefficient (Wildman–Crippen LogP) is 10.2. The normalized spacial score (nSPS) is 14.9. The Morgan fingerprint density at radius 2 is 1.10 bits per heavy atom. The van der Waals surface area contributed by atoms with Crippen molar-refractivity contribution >= 4 is 66.3 Å². The van der Waals surface area contributed by atoms with Crippen molar-refractivity contribution in [3.63, 3.8) is 0 Å². The standard InChI is InChI=1S/C42H26N4O2/c1-2-10-25(11-3-1)40-44-41(46-42(45-40)33-16-9-19-36-39(33)31-14-6-7-17-34(31)47-36)30-21-20-28(26-12-4-5-13-27(26)30)29-15-8-18-35-38(29)32-22-23-43-24-37(32)48-35/h1-24,40H,(H,44,45,46). The number of rotatable bonds is 4. The third-order valence-electron chi connectivity index (χ3n) is 9.27. The highest BCUT2D eigenvalue weighted by atomic mass is 16.3. The van der Waals surface area contributed by atoms with Crippen molar-refractivity contribution in [2.24, 2.45) is 9.98 Å². The molecule has 6 aromatic carbocycles. The van der Waals surface area contributed by atoms with Crippen molar-refractivity contribution < 1.29 is 8.83 Å². The van der Waals surface area contributed by atoms with E-state index in [-0.39, 0.29) is 6.17 Å². The molecule has 0 saturated carbocycles. The van der Waals surface area contributed by atoms with Crippen LogP contribution in [0.2, 0.25) is 0 Å². The molecule has 1 N–H and O–H groups in total. The first-order chi connectivity index (χ1) is 23.8. The van der Waals surface area contributed by atoms with Gasteiger partial charge in [-0.15, -0.1) is 0 Å². The maximum atomic E-state index is 6.24. The Labute approximate surface area is 274 Å². The van der Waals surface area contributed by atoms with Gasteiger partial charge in [-0.3, -0.25) is 4.98 Å². The molecule has 4 heterocycles. The van der Waals surface area contributed by atoms with Crippen LogP contribution in [0.5, 0.6) is 0 Å². The highest BCUT2D eigenvalue weighted by molar-refractivity contribution is 6.24. The molecule has 1 unspecified atom stereocenters. The molecule has 0 radical (unpaired) electrons. The van der Waals surface area contributed by atoms with Crippen molar-refractivity contribution in [2.75, 3.05) is 0 Å². The summed E-state index contributed by atoms with van der Waals surface area (Å²) in [5.74, 6) is 1.42. The van der Waals surface area contributed by atoms with Gasteiger partial charge in [-0.1, -0.05) is 109 Å². The van der Waals surface area contributed by atoms with E-state index in [9.17, 15) is 0 Å². The monoisotopic (exact) mass is 618 g/mol. The fourth-order valence-electron chi connectivity index (χ4n) is 7.12. The average Bonchev–Trinajstić information content (AvgIpc) is 3.73. The van der Waals surface area contributed by atoms with Crippen LogP contribution in [0.25, 0.3) is 65.8 Å². The van der Waals surface area contributed by atoms with Gasteiger partial charge >= 0.3 is 0 Å². The fraction of sp³-hybridized carbons (Fsp3) is 0.0238. The molecule has 0 aliphatic carbocycles. The first kappa shape index (κ1) is 26.7. The van der Waals surface area contributed by atoms with Gasteiger partial charge in [0.1, 0.15) is 28.8 Å².